The summed E-state index contributed by atoms with van der Waals surface area (Å²) in [6, 6.07) is 32.1. The Morgan fingerprint density at radius 2 is 1.66 bits per heavy atom. The normalized spacial score (nSPS) is 15.0. The van der Waals surface area contributed by atoms with Gasteiger partial charge in [0, 0.05) is 39.4 Å². The SMILES string of the molecule is COc1ccc(C2=NN(c3ccc(Cl)cc3)C(c3cccc(Nc4ccnc5cc(Cl)ccc45)c3)C2)cc1. The largest absolute Gasteiger partial charge is 0.497 e. The fraction of sp³-hybridized carbons (Fsp3) is 0.0968. The van der Waals surface area contributed by atoms with Crippen LogP contribution in [0.4, 0.5) is 17.1 Å². The van der Waals surface area contributed by atoms with Crippen LogP contribution >= 0.6 is 23.2 Å². The lowest BCUT2D eigenvalue weighted by Crippen LogP contribution is -2.18. The fourth-order valence-corrected chi connectivity index (χ4v) is 5.06. The maximum atomic E-state index is 6.19. The lowest BCUT2D eigenvalue weighted by Gasteiger charge is -2.24. The van der Waals surface area contributed by atoms with Crippen molar-refractivity contribution in [3.8, 4) is 5.75 Å². The van der Waals surface area contributed by atoms with Crippen LogP contribution in [0.25, 0.3) is 10.9 Å². The number of hydrogen-bond acceptors (Lipinski definition) is 5. The molecule has 0 aliphatic carbocycles. The Hall–Kier alpha value is -4.06. The van der Waals surface area contributed by atoms with E-state index in [9.17, 15) is 0 Å². The number of nitrogens with zero attached hydrogens (tertiary/aromatic N) is 3. The number of hydrogen-bond donors (Lipinski definition) is 1. The number of benzene rings is 4. The zero-order valence-corrected chi connectivity index (χ0v) is 22.1. The maximum Gasteiger partial charge on any atom is 0.118 e. The molecule has 1 aliphatic rings. The first-order valence-electron chi connectivity index (χ1n) is 12.3. The van der Waals surface area contributed by atoms with Gasteiger partial charge in [-0.25, -0.2) is 0 Å². The summed E-state index contributed by atoms with van der Waals surface area (Å²) in [5, 5.41) is 13.1. The van der Waals surface area contributed by atoms with Crippen molar-refractivity contribution in [2.24, 2.45) is 5.10 Å². The van der Waals surface area contributed by atoms with E-state index in [1.54, 1.807) is 13.3 Å². The third kappa shape index (κ3) is 4.91. The number of ether oxygens (including phenoxy) is 1. The molecule has 7 heteroatoms. The van der Waals surface area contributed by atoms with Gasteiger partial charge < -0.3 is 10.1 Å². The first kappa shape index (κ1) is 24.3. The molecule has 5 aromatic rings. The maximum absolute atomic E-state index is 6.19. The molecule has 4 aromatic carbocycles. The van der Waals surface area contributed by atoms with Gasteiger partial charge in [0.1, 0.15) is 5.75 Å². The lowest BCUT2D eigenvalue weighted by atomic mass is 9.97. The standard InChI is InChI=1S/C31H24Cl2N4O/c1-38-26-12-5-20(6-13-26)29-19-31(37(36-29)25-10-7-22(32)8-11-25)21-3-2-4-24(17-21)35-28-15-16-34-30-18-23(33)9-14-27(28)30/h2-18,31H,19H2,1H3,(H,34,35). The van der Waals surface area contributed by atoms with Crippen molar-refractivity contribution in [2.45, 2.75) is 12.5 Å². The molecule has 0 fully saturated rings. The average Bonchev–Trinajstić information content (AvgIpc) is 3.39. The van der Waals surface area contributed by atoms with E-state index in [-0.39, 0.29) is 6.04 Å². The minimum absolute atomic E-state index is 0.0167. The summed E-state index contributed by atoms with van der Waals surface area (Å²) in [5.41, 5.74) is 7.03. The molecule has 5 nitrogen and oxygen atoms in total. The fourth-order valence-electron chi connectivity index (χ4n) is 4.77. The van der Waals surface area contributed by atoms with Gasteiger partial charge >= 0.3 is 0 Å². The molecule has 1 atom stereocenters. The smallest absolute Gasteiger partial charge is 0.118 e. The summed E-state index contributed by atoms with van der Waals surface area (Å²) in [6.45, 7) is 0. The Labute approximate surface area is 231 Å². The Morgan fingerprint density at radius 3 is 2.45 bits per heavy atom. The highest BCUT2D eigenvalue weighted by Crippen LogP contribution is 2.38. The molecule has 0 saturated heterocycles. The van der Waals surface area contributed by atoms with Crippen LogP contribution < -0.4 is 15.1 Å². The highest BCUT2D eigenvalue weighted by Gasteiger charge is 2.30. The van der Waals surface area contributed by atoms with E-state index in [0.29, 0.717) is 10.0 Å². The number of fused-ring (bicyclic) bond motifs is 1. The molecule has 6 rings (SSSR count). The molecule has 188 valence electrons. The van der Waals surface area contributed by atoms with Gasteiger partial charge in [0.05, 0.1) is 30.1 Å². The number of rotatable bonds is 6. The van der Waals surface area contributed by atoms with Crippen molar-refractivity contribution in [1.82, 2.24) is 4.98 Å². The van der Waals surface area contributed by atoms with Crippen LogP contribution in [-0.4, -0.2) is 17.8 Å². The molecule has 0 bridgehead atoms. The van der Waals surface area contributed by atoms with Crippen molar-refractivity contribution < 1.29 is 4.74 Å². The highest BCUT2D eigenvalue weighted by molar-refractivity contribution is 6.31. The molecule has 38 heavy (non-hydrogen) atoms. The van der Waals surface area contributed by atoms with Crippen LogP contribution in [0.3, 0.4) is 0 Å². The minimum Gasteiger partial charge on any atom is -0.497 e. The van der Waals surface area contributed by atoms with Gasteiger partial charge in [-0.05, 0) is 96.1 Å². The molecule has 1 aromatic heterocycles. The van der Waals surface area contributed by atoms with E-state index in [4.69, 9.17) is 33.0 Å². The number of methoxy groups -OCH3 is 1. The van der Waals surface area contributed by atoms with Gasteiger partial charge in [0.15, 0.2) is 0 Å². The highest BCUT2D eigenvalue weighted by atomic mass is 35.5. The van der Waals surface area contributed by atoms with Crippen LogP contribution in [0.1, 0.15) is 23.6 Å². The third-order valence-electron chi connectivity index (χ3n) is 6.68. The van der Waals surface area contributed by atoms with Crippen LogP contribution in [0, 0.1) is 0 Å². The van der Waals surface area contributed by atoms with Crippen LogP contribution in [0.5, 0.6) is 5.75 Å². The van der Waals surface area contributed by atoms with Crippen molar-refractivity contribution in [3.63, 3.8) is 0 Å². The summed E-state index contributed by atoms with van der Waals surface area (Å²) in [4.78, 5) is 4.46. The topological polar surface area (TPSA) is 49.8 Å². The second-order valence-electron chi connectivity index (χ2n) is 9.09. The van der Waals surface area contributed by atoms with Gasteiger partial charge in [-0.15, -0.1) is 0 Å². The number of pyridine rings is 1. The summed E-state index contributed by atoms with van der Waals surface area (Å²) >= 11 is 12.4. The quantitative estimate of drug-likeness (QED) is 0.235. The summed E-state index contributed by atoms with van der Waals surface area (Å²) in [6.07, 6.45) is 2.55. The molecule has 0 radical (unpaired) electrons. The molecule has 1 aliphatic heterocycles. The Morgan fingerprint density at radius 1 is 0.868 bits per heavy atom. The van der Waals surface area contributed by atoms with Crippen LogP contribution in [0.15, 0.2) is 108 Å². The zero-order chi connectivity index (χ0) is 26.1. The van der Waals surface area contributed by atoms with Crippen molar-refractivity contribution >= 4 is 56.9 Å². The first-order valence-corrected chi connectivity index (χ1v) is 13.0. The van der Waals surface area contributed by atoms with E-state index in [2.05, 4.69) is 51.7 Å². The Bertz CT molecular complexity index is 1630. The van der Waals surface area contributed by atoms with Gasteiger partial charge in [0.25, 0.3) is 0 Å². The molecular formula is C31H24Cl2N4O. The average molecular weight is 539 g/mol. The monoisotopic (exact) mass is 538 g/mol. The second kappa shape index (κ2) is 10.4. The molecule has 2 heterocycles. The van der Waals surface area contributed by atoms with Crippen molar-refractivity contribution in [3.05, 3.63) is 124 Å². The first-order chi connectivity index (χ1) is 18.6. The van der Waals surface area contributed by atoms with Gasteiger partial charge in [-0.2, -0.15) is 5.10 Å². The van der Waals surface area contributed by atoms with E-state index < -0.39 is 0 Å². The molecule has 1 unspecified atom stereocenters. The summed E-state index contributed by atoms with van der Waals surface area (Å²) in [5.74, 6) is 0.822. The van der Waals surface area contributed by atoms with Crippen molar-refractivity contribution in [2.75, 3.05) is 17.4 Å². The van der Waals surface area contributed by atoms with Crippen LogP contribution in [-0.2, 0) is 0 Å². The third-order valence-corrected chi connectivity index (χ3v) is 7.17. The van der Waals surface area contributed by atoms with Gasteiger partial charge in [0.2, 0.25) is 0 Å². The van der Waals surface area contributed by atoms with E-state index in [0.717, 1.165) is 57.0 Å². The van der Waals surface area contributed by atoms with Crippen LogP contribution in [0.2, 0.25) is 10.0 Å². The number of hydrazone groups is 1. The Kier molecular flexibility index (Phi) is 6.62. The molecule has 0 spiro atoms. The van der Waals surface area contributed by atoms with E-state index in [1.807, 2.05) is 60.7 Å². The summed E-state index contributed by atoms with van der Waals surface area (Å²) < 4.78 is 5.34. The molecule has 0 amide bonds. The van der Waals surface area contributed by atoms with Crippen molar-refractivity contribution in [1.29, 1.82) is 0 Å². The number of halogens is 2. The summed E-state index contributed by atoms with van der Waals surface area (Å²) in [7, 11) is 1.67. The van der Waals surface area contributed by atoms with E-state index >= 15 is 0 Å². The van der Waals surface area contributed by atoms with Gasteiger partial charge in [-0.3, -0.25) is 9.99 Å². The van der Waals surface area contributed by atoms with E-state index in [1.165, 1.54) is 0 Å². The minimum atomic E-state index is 0.0167. The molecular weight excluding hydrogens is 515 g/mol. The lowest BCUT2D eigenvalue weighted by molar-refractivity contribution is 0.415. The second-order valence-corrected chi connectivity index (χ2v) is 9.96. The predicted molar refractivity (Wildman–Crippen MR) is 157 cm³/mol. The number of aromatic nitrogens is 1. The molecule has 0 saturated carbocycles. The molecule has 1 N–H and O–H groups in total. The Balaban J connectivity index is 1.34. The zero-order valence-electron chi connectivity index (χ0n) is 20.6. The number of anilines is 3. The number of nitrogens with one attached hydrogen (secondary N) is 1. The van der Waals surface area contributed by atoms with Gasteiger partial charge in [-0.1, -0.05) is 35.3 Å². The predicted octanol–water partition coefficient (Wildman–Crippen LogP) is 8.65.